The maximum atomic E-state index is 14.2. The van der Waals surface area contributed by atoms with Crippen molar-refractivity contribution >= 4 is 50.1 Å². The minimum absolute atomic E-state index is 0.167. The number of benzene rings is 4. The van der Waals surface area contributed by atoms with Gasteiger partial charge >= 0.3 is 5.97 Å². The lowest BCUT2D eigenvalue weighted by Crippen LogP contribution is -2.40. The van der Waals surface area contributed by atoms with E-state index in [0.717, 1.165) is 16.3 Å². The van der Waals surface area contributed by atoms with Crippen molar-refractivity contribution in [1.82, 2.24) is 4.57 Å². The number of halogens is 1. The first-order valence-corrected chi connectivity index (χ1v) is 16.8. The van der Waals surface area contributed by atoms with Crippen LogP contribution in [0.4, 0.5) is 0 Å². The third-order valence-corrected chi connectivity index (χ3v) is 9.62. The number of nitrogens with zero attached hydrogens (tertiary/aromatic N) is 2. The zero-order valence-electron chi connectivity index (χ0n) is 27.0. The molecule has 1 aliphatic rings. The molecule has 2 heterocycles. The molecule has 246 valence electrons. The summed E-state index contributed by atoms with van der Waals surface area (Å²) in [5, 5.41) is 2.26. The van der Waals surface area contributed by atoms with E-state index >= 15 is 0 Å². The topological polar surface area (TPSA) is 97.6 Å². The van der Waals surface area contributed by atoms with Crippen molar-refractivity contribution in [3.05, 3.63) is 125 Å². The minimum atomic E-state index is -0.862. The lowest BCUT2D eigenvalue weighted by atomic mass is 9.94. The third kappa shape index (κ3) is 6.23. The number of thiazole rings is 1. The second-order valence-electron chi connectivity index (χ2n) is 10.9. The predicted molar refractivity (Wildman–Crippen MR) is 189 cm³/mol. The van der Waals surface area contributed by atoms with Crippen LogP contribution in [-0.2, 0) is 16.1 Å². The van der Waals surface area contributed by atoms with Crippen LogP contribution >= 0.6 is 27.3 Å². The SMILES string of the molecule is CCOC(=O)C1=C(C)N=c2s/c(=C/c3cc(Br)c(OCc4cccc5ccccc45)c(OC)c3)c(=O)n2C1c1cc(OC)ccc1OC. The Bertz CT molecular complexity index is 2250. The van der Waals surface area contributed by atoms with Crippen LogP contribution in [0.15, 0.2) is 98.3 Å². The number of hydrogen-bond acceptors (Lipinski definition) is 9. The van der Waals surface area contributed by atoms with E-state index in [0.29, 0.717) is 60.2 Å². The molecule has 1 aromatic heterocycles. The molecule has 0 aliphatic carbocycles. The summed E-state index contributed by atoms with van der Waals surface area (Å²) in [6.07, 6.45) is 1.77. The van der Waals surface area contributed by atoms with Gasteiger partial charge in [-0.2, -0.15) is 0 Å². The van der Waals surface area contributed by atoms with Crippen molar-refractivity contribution in [3.8, 4) is 23.0 Å². The van der Waals surface area contributed by atoms with Gasteiger partial charge in [-0.15, -0.1) is 0 Å². The highest BCUT2D eigenvalue weighted by Crippen LogP contribution is 2.39. The van der Waals surface area contributed by atoms with Gasteiger partial charge in [0.15, 0.2) is 16.3 Å². The van der Waals surface area contributed by atoms with E-state index < -0.39 is 12.0 Å². The highest BCUT2D eigenvalue weighted by atomic mass is 79.9. The van der Waals surface area contributed by atoms with Gasteiger partial charge in [0.1, 0.15) is 24.1 Å². The maximum absolute atomic E-state index is 14.2. The molecule has 48 heavy (non-hydrogen) atoms. The largest absolute Gasteiger partial charge is 0.497 e. The molecule has 0 fully saturated rings. The number of aromatic nitrogens is 1. The van der Waals surface area contributed by atoms with E-state index in [1.807, 2.05) is 36.4 Å². The Morgan fingerprint density at radius 3 is 2.50 bits per heavy atom. The molecule has 0 amide bonds. The molecular weight excluding hydrogens is 696 g/mol. The molecule has 1 atom stereocenters. The van der Waals surface area contributed by atoms with Gasteiger partial charge in [-0.3, -0.25) is 9.36 Å². The average molecular weight is 730 g/mol. The first-order chi connectivity index (χ1) is 23.3. The molecule has 6 rings (SSSR count). The number of hydrogen-bond donors (Lipinski definition) is 0. The van der Waals surface area contributed by atoms with E-state index in [1.54, 1.807) is 52.3 Å². The van der Waals surface area contributed by atoms with E-state index in [9.17, 15) is 9.59 Å². The maximum Gasteiger partial charge on any atom is 0.338 e. The molecule has 0 radical (unpaired) electrons. The van der Waals surface area contributed by atoms with Gasteiger partial charge in [0.05, 0.1) is 48.2 Å². The average Bonchev–Trinajstić information content (AvgIpc) is 3.40. The fourth-order valence-electron chi connectivity index (χ4n) is 5.82. The highest BCUT2D eigenvalue weighted by molar-refractivity contribution is 9.10. The van der Waals surface area contributed by atoms with Gasteiger partial charge in [-0.1, -0.05) is 53.8 Å². The standard InChI is InChI=1S/C37H33BrN2O7S/c1-6-46-36(42)32-21(2)39-37-40(33(32)27-19-25(43-3)14-15-29(27)44-4)35(41)31(48-37)18-22-16-28(38)34(30(17-22)45-5)47-20-24-12-9-11-23-10-7-8-13-26(23)24/h7-19,33H,6,20H2,1-5H3/b31-18+. The van der Waals surface area contributed by atoms with Crippen LogP contribution in [-0.4, -0.2) is 38.5 Å². The van der Waals surface area contributed by atoms with Gasteiger partial charge in [0, 0.05) is 5.56 Å². The summed E-state index contributed by atoms with van der Waals surface area (Å²) < 4.78 is 31.2. The minimum Gasteiger partial charge on any atom is -0.497 e. The fourth-order valence-corrected chi connectivity index (χ4v) is 7.44. The second kappa shape index (κ2) is 14.1. The van der Waals surface area contributed by atoms with Crippen molar-refractivity contribution in [3.63, 3.8) is 0 Å². The molecule has 1 unspecified atom stereocenters. The summed E-state index contributed by atoms with van der Waals surface area (Å²) in [7, 11) is 4.67. The number of methoxy groups -OCH3 is 3. The molecule has 0 bridgehead atoms. The van der Waals surface area contributed by atoms with Gasteiger partial charge in [-0.05, 0) is 88.1 Å². The molecule has 0 saturated heterocycles. The van der Waals surface area contributed by atoms with Gasteiger partial charge in [-0.25, -0.2) is 9.79 Å². The second-order valence-corrected chi connectivity index (χ2v) is 12.7. The number of rotatable bonds is 10. The predicted octanol–water partition coefficient (Wildman–Crippen LogP) is 6.32. The van der Waals surface area contributed by atoms with Gasteiger partial charge in [0.25, 0.3) is 5.56 Å². The van der Waals surface area contributed by atoms with Crippen molar-refractivity contribution in [2.45, 2.75) is 26.5 Å². The van der Waals surface area contributed by atoms with Crippen LogP contribution in [0.3, 0.4) is 0 Å². The van der Waals surface area contributed by atoms with Crippen molar-refractivity contribution in [2.75, 3.05) is 27.9 Å². The molecule has 0 N–H and O–H groups in total. The molecule has 0 spiro atoms. The zero-order valence-corrected chi connectivity index (χ0v) is 29.4. The van der Waals surface area contributed by atoms with E-state index in [4.69, 9.17) is 23.7 Å². The smallest absolute Gasteiger partial charge is 0.338 e. The summed E-state index contributed by atoms with van der Waals surface area (Å²) in [6.45, 7) is 3.98. The molecule has 11 heteroatoms. The van der Waals surface area contributed by atoms with Crippen molar-refractivity contribution in [1.29, 1.82) is 0 Å². The zero-order chi connectivity index (χ0) is 33.9. The molecular formula is C37H33BrN2O7S. The summed E-state index contributed by atoms with van der Waals surface area (Å²) in [5.41, 5.74) is 2.70. The normalized spacial score (nSPS) is 14.4. The van der Waals surface area contributed by atoms with Crippen LogP contribution in [0.5, 0.6) is 23.0 Å². The van der Waals surface area contributed by atoms with Crippen LogP contribution in [0.2, 0.25) is 0 Å². The Kier molecular flexibility index (Phi) is 9.70. The molecule has 1 aliphatic heterocycles. The van der Waals surface area contributed by atoms with Crippen molar-refractivity contribution in [2.24, 2.45) is 4.99 Å². The Morgan fingerprint density at radius 1 is 0.979 bits per heavy atom. The summed E-state index contributed by atoms with van der Waals surface area (Å²) in [5.74, 6) is 1.52. The number of carbonyl (C=O) groups is 1. The van der Waals surface area contributed by atoms with Crippen molar-refractivity contribution < 1.29 is 28.5 Å². The Labute approximate surface area is 289 Å². The Hall–Kier alpha value is -4.87. The third-order valence-electron chi connectivity index (χ3n) is 8.05. The van der Waals surface area contributed by atoms with E-state index in [-0.39, 0.29) is 17.7 Å². The fraction of sp³-hybridized carbons (Fsp3) is 0.216. The lowest BCUT2D eigenvalue weighted by Gasteiger charge is -2.26. The first-order valence-electron chi connectivity index (χ1n) is 15.2. The molecule has 5 aromatic rings. The van der Waals surface area contributed by atoms with E-state index in [1.165, 1.54) is 23.0 Å². The Morgan fingerprint density at radius 2 is 1.75 bits per heavy atom. The highest BCUT2D eigenvalue weighted by Gasteiger charge is 2.35. The van der Waals surface area contributed by atoms with Crippen LogP contribution in [0.25, 0.3) is 16.8 Å². The summed E-state index contributed by atoms with van der Waals surface area (Å²) in [6, 6.07) is 22.4. The monoisotopic (exact) mass is 728 g/mol. The first kappa shape index (κ1) is 33.0. The summed E-state index contributed by atoms with van der Waals surface area (Å²) >= 11 is 4.88. The van der Waals surface area contributed by atoms with Crippen LogP contribution in [0.1, 0.15) is 36.6 Å². The number of fused-ring (bicyclic) bond motifs is 2. The molecule has 4 aromatic carbocycles. The summed E-state index contributed by atoms with van der Waals surface area (Å²) in [4.78, 5) is 32.7. The number of allylic oxidation sites excluding steroid dienone is 1. The van der Waals surface area contributed by atoms with Crippen LogP contribution < -0.4 is 33.8 Å². The van der Waals surface area contributed by atoms with E-state index in [2.05, 4.69) is 39.1 Å². The number of ether oxygens (including phenoxy) is 5. The van der Waals surface area contributed by atoms with Gasteiger partial charge in [0.2, 0.25) is 0 Å². The molecule has 0 saturated carbocycles. The van der Waals surface area contributed by atoms with Crippen LogP contribution in [0, 0.1) is 0 Å². The van der Waals surface area contributed by atoms with Gasteiger partial charge < -0.3 is 23.7 Å². The quantitative estimate of drug-likeness (QED) is 0.155. The molecule has 9 nitrogen and oxygen atoms in total. The lowest BCUT2D eigenvalue weighted by molar-refractivity contribution is -0.139. The Balaban J connectivity index is 1.43. The number of esters is 1. The number of carbonyl (C=O) groups excluding carboxylic acids is 1.